The van der Waals surface area contributed by atoms with Gasteiger partial charge in [0.2, 0.25) is 0 Å². The predicted octanol–water partition coefficient (Wildman–Crippen LogP) is 1.57. The number of nitrogens with zero attached hydrogens (tertiary/aromatic N) is 1. The van der Waals surface area contributed by atoms with Crippen molar-refractivity contribution in [1.82, 2.24) is 10.2 Å². The second-order valence-electron chi connectivity index (χ2n) is 4.65. The first-order valence-electron chi connectivity index (χ1n) is 5.19. The third-order valence-corrected chi connectivity index (χ3v) is 2.91. The smallest absolute Gasteiger partial charge is 0.251 e. The van der Waals surface area contributed by atoms with Crippen LogP contribution in [0.1, 0.15) is 19.8 Å². The standard InChI is InChI=1S/C10H20F2N2/c1-10(3-5-13-6-4-10)8-14(2)7-9(11)12/h9,13H,3-8H2,1-2H3. The van der Waals surface area contributed by atoms with E-state index in [2.05, 4.69) is 12.2 Å². The summed E-state index contributed by atoms with van der Waals surface area (Å²) in [6.07, 6.45) is -0.0495. The van der Waals surface area contributed by atoms with Gasteiger partial charge in [-0.3, -0.25) is 0 Å². The molecule has 1 heterocycles. The molecule has 0 saturated carbocycles. The van der Waals surface area contributed by atoms with Crippen molar-refractivity contribution in [2.45, 2.75) is 26.2 Å². The molecule has 84 valence electrons. The molecule has 0 radical (unpaired) electrons. The zero-order chi connectivity index (χ0) is 10.6. The molecule has 0 aromatic carbocycles. The number of rotatable bonds is 4. The van der Waals surface area contributed by atoms with E-state index in [-0.39, 0.29) is 12.0 Å². The molecule has 0 amide bonds. The third kappa shape index (κ3) is 3.88. The first kappa shape index (κ1) is 11.9. The van der Waals surface area contributed by atoms with Crippen molar-refractivity contribution in [3.05, 3.63) is 0 Å². The quantitative estimate of drug-likeness (QED) is 0.751. The lowest BCUT2D eigenvalue weighted by Crippen LogP contribution is -2.42. The van der Waals surface area contributed by atoms with Gasteiger partial charge >= 0.3 is 0 Å². The van der Waals surface area contributed by atoms with Gasteiger partial charge in [-0.05, 0) is 38.4 Å². The Hall–Kier alpha value is -0.220. The van der Waals surface area contributed by atoms with Crippen LogP contribution < -0.4 is 5.32 Å². The van der Waals surface area contributed by atoms with E-state index in [0.717, 1.165) is 32.5 Å². The highest BCUT2D eigenvalue weighted by Crippen LogP contribution is 2.28. The molecular weight excluding hydrogens is 186 g/mol. The Balaban J connectivity index is 2.33. The molecule has 0 aliphatic carbocycles. The van der Waals surface area contributed by atoms with Crippen LogP contribution in [0.2, 0.25) is 0 Å². The monoisotopic (exact) mass is 206 g/mol. The Morgan fingerprint density at radius 3 is 2.43 bits per heavy atom. The lowest BCUT2D eigenvalue weighted by Gasteiger charge is -2.37. The Bertz CT molecular complexity index is 168. The van der Waals surface area contributed by atoms with Crippen LogP contribution in [-0.4, -0.2) is 44.6 Å². The largest absolute Gasteiger partial charge is 0.317 e. The summed E-state index contributed by atoms with van der Waals surface area (Å²) in [6, 6.07) is 0. The molecule has 0 aromatic rings. The maximum atomic E-state index is 12.1. The molecular formula is C10H20F2N2. The van der Waals surface area contributed by atoms with Gasteiger partial charge in [0.15, 0.2) is 0 Å². The van der Waals surface area contributed by atoms with Gasteiger partial charge in [-0.1, -0.05) is 6.92 Å². The Kier molecular flexibility index (Phi) is 4.26. The van der Waals surface area contributed by atoms with Crippen LogP contribution >= 0.6 is 0 Å². The second kappa shape index (κ2) is 5.03. The molecule has 14 heavy (non-hydrogen) atoms. The summed E-state index contributed by atoms with van der Waals surface area (Å²) in [7, 11) is 1.78. The highest BCUT2D eigenvalue weighted by atomic mass is 19.3. The lowest BCUT2D eigenvalue weighted by molar-refractivity contribution is 0.0698. The van der Waals surface area contributed by atoms with E-state index in [1.807, 2.05) is 0 Å². The highest BCUT2D eigenvalue weighted by molar-refractivity contribution is 4.82. The van der Waals surface area contributed by atoms with Crippen molar-refractivity contribution in [3.8, 4) is 0 Å². The molecule has 1 saturated heterocycles. The van der Waals surface area contributed by atoms with Gasteiger partial charge in [0, 0.05) is 6.54 Å². The zero-order valence-electron chi connectivity index (χ0n) is 9.02. The third-order valence-electron chi connectivity index (χ3n) is 2.91. The first-order chi connectivity index (χ1) is 6.52. The van der Waals surface area contributed by atoms with Gasteiger partial charge in [-0.25, -0.2) is 8.78 Å². The molecule has 1 fully saturated rings. The van der Waals surface area contributed by atoms with E-state index in [4.69, 9.17) is 0 Å². The van der Waals surface area contributed by atoms with Crippen molar-refractivity contribution in [1.29, 1.82) is 0 Å². The number of halogens is 2. The summed E-state index contributed by atoms with van der Waals surface area (Å²) in [5.74, 6) is 0. The fourth-order valence-corrected chi connectivity index (χ4v) is 2.14. The molecule has 1 rings (SSSR count). The summed E-state index contributed by atoms with van der Waals surface area (Å²) in [4.78, 5) is 1.75. The van der Waals surface area contributed by atoms with Crippen LogP contribution in [0.5, 0.6) is 0 Å². The van der Waals surface area contributed by atoms with Gasteiger partial charge in [-0.2, -0.15) is 0 Å². The van der Waals surface area contributed by atoms with E-state index in [1.165, 1.54) is 0 Å². The number of nitrogens with one attached hydrogen (secondary N) is 1. The Morgan fingerprint density at radius 2 is 1.93 bits per heavy atom. The second-order valence-corrected chi connectivity index (χ2v) is 4.65. The number of alkyl halides is 2. The van der Waals surface area contributed by atoms with E-state index >= 15 is 0 Å². The van der Waals surface area contributed by atoms with Crippen LogP contribution in [0, 0.1) is 5.41 Å². The minimum Gasteiger partial charge on any atom is -0.317 e. The van der Waals surface area contributed by atoms with Crippen molar-refractivity contribution >= 4 is 0 Å². The van der Waals surface area contributed by atoms with Crippen LogP contribution in [0.15, 0.2) is 0 Å². The SMILES string of the molecule is CN(CC(F)F)CC1(C)CCNCC1. The summed E-state index contributed by atoms with van der Waals surface area (Å²) in [6.45, 7) is 4.88. The Morgan fingerprint density at radius 1 is 1.36 bits per heavy atom. The molecule has 1 N–H and O–H groups in total. The predicted molar refractivity (Wildman–Crippen MR) is 53.7 cm³/mol. The van der Waals surface area contributed by atoms with E-state index in [9.17, 15) is 8.78 Å². The van der Waals surface area contributed by atoms with Crippen LogP contribution in [0.25, 0.3) is 0 Å². The van der Waals surface area contributed by atoms with Gasteiger partial charge in [0.1, 0.15) is 0 Å². The van der Waals surface area contributed by atoms with Crippen LogP contribution in [0.3, 0.4) is 0 Å². The Labute approximate surface area is 84.7 Å². The van der Waals surface area contributed by atoms with Crippen LogP contribution in [-0.2, 0) is 0 Å². The van der Waals surface area contributed by atoms with Gasteiger partial charge in [0.05, 0.1) is 6.54 Å². The average molecular weight is 206 g/mol. The molecule has 1 aliphatic heterocycles. The zero-order valence-corrected chi connectivity index (χ0v) is 9.02. The molecule has 0 atom stereocenters. The molecule has 2 nitrogen and oxygen atoms in total. The summed E-state index contributed by atoms with van der Waals surface area (Å²) in [5.41, 5.74) is 0.217. The molecule has 0 aromatic heterocycles. The number of piperidine rings is 1. The minimum atomic E-state index is -2.22. The van der Waals surface area contributed by atoms with E-state index in [1.54, 1.807) is 11.9 Å². The molecule has 4 heteroatoms. The van der Waals surface area contributed by atoms with Crippen molar-refractivity contribution < 1.29 is 8.78 Å². The van der Waals surface area contributed by atoms with Gasteiger partial charge < -0.3 is 10.2 Å². The summed E-state index contributed by atoms with van der Waals surface area (Å²) < 4.78 is 24.2. The minimum absolute atomic E-state index is 0.108. The number of hydrogen-bond acceptors (Lipinski definition) is 2. The molecule has 0 unspecified atom stereocenters. The van der Waals surface area contributed by atoms with E-state index < -0.39 is 6.43 Å². The fraction of sp³-hybridized carbons (Fsp3) is 1.00. The average Bonchev–Trinajstić information content (AvgIpc) is 2.02. The molecule has 0 spiro atoms. The lowest BCUT2D eigenvalue weighted by atomic mass is 9.80. The van der Waals surface area contributed by atoms with Gasteiger partial charge in [-0.15, -0.1) is 0 Å². The van der Waals surface area contributed by atoms with Crippen molar-refractivity contribution in [2.24, 2.45) is 5.41 Å². The van der Waals surface area contributed by atoms with Crippen molar-refractivity contribution in [2.75, 3.05) is 33.2 Å². The maximum absolute atomic E-state index is 12.1. The van der Waals surface area contributed by atoms with Crippen LogP contribution in [0.4, 0.5) is 8.78 Å². The summed E-state index contributed by atoms with van der Waals surface area (Å²) in [5, 5.41) is 3.29. The summed E-state index contributed by atoms with van der Waals surface area (Å²) >= 11 is 0. The fourth-order valence-electron chi connectivity index (χ4n) is 2.14. The highest BCUT2D eigenvalue weighted by Gasteiger charge is 2.28. The normalized spacial score (nSPS) is 21.9. The van der Waals surface area contributed by atoms with Gasteiger partial charge in [0.25, 0.3) is 6.43 Å². The maximum Gasteiger partial charge on any atom is 0.251 e. The first-order valence-corrected chi connectivity index (χ1v) is 5.19. The molecule has 1 aliphatic rings. The van der Waals surface area contributed by atoms with Crippen molar-refractivity contribution in [3.63, 3.8) is 0 Å². The van der Waals surface area contributed by atoms with E-state index in [0.29, 0.717) is 0 Å². The topological polar surface area (TPSA) is 15.3 Å². The number of hydrogen-bond donors (Lipinski definition) is 1. The molecule has 0 bridgehead atoms.